The second-order valence-corrected chi connectivity index (χ2v) is 4.47. The number of hydrogen-bond donors (Lipinski definition) is 1. The first kappa shape index (κ1) is 10.8. The van der Waals surface area contributed by atoms with E-state index < -0.39 is 0 Å². The summed E-state index contributed by atoms with van der Waals surface area (Å²) >= 11 is 6.11. The maximum absolute atomic E-state index is 6.11. The Hall–Kier alpha value is -0.730. The highest BCUT2D eigenvalue weighted by molar-refractivity contribution is 6.22. The predicted molar refractivity (Wildman–Crippen MR) is 62.7 cm³/mol. The topological polar surface area (TPSA) is 21.3 Å². The summed E-state index contributed by atoms with van der Waals surface area (Å²) in [4.78, 5) is 0. The van der Waals surface area contributed by atoms with E-state index in [4.69, 9.17) is 16.3 Å². The van der Waals surface area contributed by atoms with Crippen molar-refractivity contribution in [3.8, 4) is 0 Å². The molecule has 15 heavy (non-hydrogen) atoms. The van der Waals surface area contributed by atoms with Crippen LogP contribution in [0.25, 0.3) is 0 Å². The summed E-state index contributed by atoms with van der Waals surface area (Å²) < 4.78 is 5.82. The Balaban J connectivity index is 1.94. The van der Waals surface area contributed by atoms with Crippen molar-refractivity contribution in [3.63, 3.8) is 0 Å². The fraction of sp³-hybridized carbons (Fsp3) is 0.500. The highest BCUT2D eigenvalue weighted by Crippen LogP contribution is 2.22. The van der Waals surface area contributed by atoms with E-state index >= 15 is 0 Å². The van der Waals surface area contributed by atoms with E-state index in [2.05, 4.69) is 18.3 Å². The first-order chi connectivity index (χ1) is 7.25. The third-order valence-corrected chi connectivity index (χ3v) is 3.02. The molecule has 0 saturated heterocycles. The number of nitrogens with one attached hydrogen (secondary N) is 1. The van der Waals surface area contributed by atoms with E-state index in [-0.39, 0.29) is 11.6 Å². The lowest BCUT2D eigenvalue weighted by Crippen LogP contribution is -2.41. The normalized spacial score (nSPS) is 30.8. The number of alkyl halides is 1. The summed E-state index contributed by atoms with van der Waals surface area (Å²) in [5.41, 5.74) is 1.40. The molecule has 0 aromatic carbocycles. The Bertz CT molecular complexity index is 320. The van der Waals surface area contributed by atoms with E-state index in [0.29, 0.717) is 0 Å². The molecule has 2 rings (SSSR count). The smallest absolute Gasteiger partial charge is 0.169 e. The van der Waals surface area contributed by atoms with E-state index in [1.807, 2.05) is 18.2 Å². The molecule has 0 aromatic heterocycles. The fourth-order valence-corrected chi connectivity index (χ4v) is 1.93. The Kier molecular flexibility index (Phi) is 3.49. The first-order valence-corrected chi connectivity index (χ1v) is 5.76. The van der Waals surface area contributed by atoms with Crippen LogP contribution in [0.2, 0.25) is 0 Å². The van der Waals surface area contributed by atoms with Gasteiger partial charge in [-0.1, -0.05) is 23.8 Å². The average Bonchev–Trinajstić information content (AvgIpc) is 2.25. The largest absolute Gasteiger partial charge is 0.478 e. The molecule has 0 radical (unpaired) electrons. The molecule has 3 heteroatoms. The molecule has 0 amide bonds. The summed E-state index contributed by atoms with van der Waals surface area (Å²) in [6.07, 6.45) is 10.1. The average molecular weight is 226 g/mol. The van der Waals surface area contributed by atoms with Crippen LogP contribution in [0.15, 0.2) is 35.6 Å². The van der Waals surface area contributed by atoms with Crippen LogP contribution < -0.4 is 5.32 Å². The molecule has 0 saturated carbocycles. The molecule has 0 aromatic rings. The van der Waals surface area contributed by atoms with Gasteiger partial charge in [-0.25, -0.2) is 0 Å². The molecule has 2 nitrogen and oxygen atoms in total. The Morgan fingerprint density at radius 2 is 2.27 bits per heavy atom. The molecule has 2 aliphatic rings. The van der Waals surface area contributed by atoms with Gasteiger partial charge in [-0.05, 0) is 19.4 Å². The summed E-state index contributed by atoms with van der Waals surface area (Å²) in [5.74, 6) is 1.03. The highest BCUT2D eigenvalue weighted by Gasteiger charge is 2.21. The Morgan fingerprint density at radius 1 is 1.40 bits per heavy atom. The van der Waals surface area contributed by atoms with Crippen LogP contribution in [0.3, 0.4) is 0 Å². The van der Waals surface area contributed by atoms with Crippen LogP contribution >= 0.6 is 11.6 Å². The standard InChI is InChI=1S/C12H16ClNO/c1-9-4-6-10(7-5-9)15-12-11(13)3-2-8-14-12/h2-4,6,11-12,14H,5,7-8H2,1H3/t11-,12?/m1/s1. The number of halogens is 1. The molecule has 1 aliphatic heterocycles. The summed E-state index contributed by atoms with van der Waals surface area (Å²) in [7, 11) is 0. The van der Waals surface area contributed by atoms with Gasteiger partial charge in [0.2, 0.25) is 0 Å². The van der Waals surface area contributed by atoms with Crippen LogP contribution in [0.4, 0.5) is 0 Å². The van der Waals surface area contributed by atoms with Gasteiger partial charge in [0.25, 0.3) is 0 Å². The fourth-order valence-electron chi connectivity index (χ4n) is 1.69. The van der Waals surface area contributed by atoms with Crippen molar-refractivity contribution in [1.82, 2.24) is 5.32 Å². The quantitative estimate of drug-likeness (QED) is 0.577. The maximum atomic E-state index is 6.11. The second kappa shape index (κ2) is 4.86. The molecule has 2 atom stereocenters. The number of rotatable bonds is 2. The lowest BCUT2D eigenvalue weighted by molar-refractivity contribution is 0.0849. The molecule has 1 aliphatic carbocycles. The third kappa shape index (κ3) is 2.86. The third-order valence-electron chi connectivity index (χ3n) is 2.64. The minimum atomic E-state index is -0.0882. The van der Waals surface area contributed by atoms with Crippen molar-refractivity contribution >= 4 is 11.6 Å². The number of allylic oxidation sites excluding steroid dienone is 4. The lowest BCUT2D eigenvalue weighted by Gasteiger charge is -2.27. The molecule has 0 bridgehead atoms. The lowest BCUT2D eigenvalue weighted by atomic mass is 10.1. The molecule has 1 N–H and O–H groups in total. The molecule has 82 valence electrons. The van der Waals surface area contributed by atoms with Gasteiger partial charge in [-0.15, -0.1) is 11.6 Å². The van der Waals surface area contributed by atoms with Gasteiger partial charge in [0, 0.05) is 13.0 Å². The van der Waals surface area contributed by atoms with E-state index in [1.54, 1.807) is 0 Å². The van der Waals surface area contributed by atoms with Crippen LogP contribution in [0, 0.1) is 0 Å². The van der Waals surface area contributed by atoms with Crippen molar-refractivity contribution in [1.29, 1.82) is 0 Å². The SMILES string of the molecule is CC1=CC=C(OC2NCC=C[C@H]2Cl)CC1. The Morgan fingerprint density at radius 3 is 2.93 bits per heavy atom. The van der Waals surface area contributed by atoms with Gasteiger partial charge in [-0.3, -0.25) is 5.32 Å². The molecular formula is C12H16ClNO. The zero-order valence-electron chi connectivity index (χ0n) is 8.87. The number of hydrogen-bond acceptors (Lipinski definition) is 2. The van der Waals surface area contributed by atoms with E-state index in [9.17, 15) is 0 Å². The zero-order valence-corrected chi connectivity index (χ0v) is 9.63. The van der Waals surface area contributed by atoms with Crippen molar-refractivity contribution in [2.24, 2.45) is 0 Å². The molecule has 0 fully saturated rings. The van der Waals surface area contributed by atoms with E-state index in [0.717, 1.165) is 25.1 Å². The molecular weight excluding hydrogens is 210 g/mol. The van der Waals surface area contributed by atoms with Crippen molar-refractivity contribution in [2.45, 2.75) is 31.4 Å². The highest BCUT2D eigenvalue weighted by atomic mass is 35.5. The second-order valence-electron chi connectivity index (χ2n) is 3.97. The van der Waals surface area contributed by atoms with Crippen molar-refractivity contribution in [3.05, 3.63) is 35.6 Å². The van der Waals surface area contributed by atoms with Crippen molar-refractivity contribution < 1.29 is 4.74 Å². The predicted octanol–water partition coefficient (Wildman–Crippen LogP) is 2.72. The Labute approximate surface area is 95.6 Å². The zero-order chi connectivity index (χ0) is 10.7. The molecule has 1 heterocycles. The molecule has 1 unspecified atom stereocenters. The van der Waals surface area contributed by atoms with E-state index in [1.165, 1.54) is 5.57 Å². The number of ether oxygens (including phenoxy) is 1. The minimum absolute atomic E-state index is 0.0772. The van der Waals surface area contributed by atoms with Crippen LogP contribution in [-0.4, -0.2) is 18.1 Å². The summed E-state index contributed by atoms with van der Waals surface area (Å²) in [5, 5.41) is 3.15. The van der Waals surface area contributed by atoms with Crippen LogP contribution in [0.5, 0.6) is 0 Å². The maximum Gasteiger partial charge on any atom is 0.169 e. The van der Waals surface area contributed by atoms with Gasteiger partial charge in [-0.2, -0.15) is 0 Å². The van der Waals surface area contributed by atoms with Gasteiger partial charge < -0.3 is 4.74 Å². The van der Waals surface area contributed by atoms with Crippen molar-refractivity contribution in [2.75, 3.05) is 6.54 Å². The van der Waals surface area contributed by atoms with Crippen LogP contribution in [0.1, 0.15) is 19.8 Å². The monoisotopic (exact) mass is 225 g/mol. The van der Waals surface area contributed by atoms with Gasteiger partial charge in [0.1, 0.15) is 5.38 Å². The summed E-state index contributed by atoms with van der Waals surface area (Å²) in [6.45, 7) is 2.97. The van der Waals surface area contributed by atoms with Gasteiger partial charge >= 0.3 is 0 Å². The first-order valence-electron chi connectivity index (χ1n) is 5.33. The van der Waals surface area contributed by atoms with Gasteiger partial charge in [0.15, 0.2) is 6.23 Å². The molecule has 0 spiro atoms. The summed E-state index contributed by atoms with van der Waals surface area (Å²) in [6, 6.07) is 0. The van der Waals surface area contributed by atoms with Crippen LogP contribution in [-0.2, 0) is 4.74 Å². The minimum Gasteiger partial charge on any atom is -0.478 e. The van der Waals surface area contributed by atoms with Gasteiger partial charge in [0.05, 0.1) is 5.76 Å².